The van der Waals surface area contributed by atoms with Crippen molar-refractivity contribution in [2.24, 2.45) is 5.73 Å². The maximum absolute atomic E-state index is 12.6. The van der Waals surface area contributed by atoms with Gasteiger partial charge in [0.25, 0.3) is 0 Å². The summed E-state index contributed by atoms with van der Waals surface area (Å²) in [4.78, 5) is 0. The summed E-state index contributed by atoms with van der Waals surface area (Å²) in [5, 5.41) is 0. The highest BCUT2D eigenvalue weighted by molar-refractivity contribution is 9.10. The van der Waals surface area contributed by atoms with E-state index in [0.29, 0.717) is 16.6 Å². The summed E-state index contributed by atoms with van der Waals surface area (Å²) >= 11 is 3.14. The minimum Gasteiger partial charge on any atom is -0.496 e. The molecular weight excluding hydrogens is 299 g/mol. The number of ether oxygens (including phenoxy) is 1. The Morgan fingerprint density at radius 1 is 1.41 bits per heavy atom. The third-order valence-corrected chi connectivity index (χ3v) is 3.14. The van der Waals surface area contributed by atoms with Crippen molar-refractivity contribution in [1.29, 1.82) is 0 Å². The fraction of sp³-hybridized carbons (Fsp3) is 0.455. The quantitative estimate of drug-likeness (QED) is 0.926. The molecule has 0 amide bonds. The molecule has 0 spiro atoms. The van der Waals surface area contributed by atoms with Crippen LogP contribution in [0.5, 0.6) is 5.75 Å². The van der Waals surface area contributed by atoms with Gasteiger partial charge in [0.2, 0.25) is 0 Å². The van der Waals surface area contributed by atoms with Crippen LogP contribution in [-0.2, 0) is 6.18 Å². The zero-order valence-corrected chi connectivity index (χ0v) is 11.0. The van der Waals surface area contributed by atoms with Crippen molar-refractivity contribution < 1.29 is 17.9 Å². The Morgan fingerprint density at radius 2 is 2.00 bits per heavy atom. The first-order valence-corrected chi connectivity index (χ1v) is 5.75. The second kappa shape index (κ2) is 5.27. The second-order valence-electron chi connectivity index (χ2n) is 3.71. The molecule has 0 aliphatic rings. The number of hydrogen-bond donors (Lipinski definition) is 1. The van der Waals surface area contributed by atoms with Crippen LogP contribution >= 0.6 is 15.9 Å². The number of nitrogens with two attached hydrogens (primary N) is 1. The van der Waals surface area contributed by atoms with Gasteiger partial charge in [0.1, 0.15) is 5.75 Å². The van der Waals surface area contributed by atoms with Gasteiger partial charge in [-0.15, -0.1) is 0 Å². The van der Waals surface area contributed by atoms with E-state index in [1.807, 2.05) is 6.92 Å². The summed E-state index contributed by atoms with van der Waals surface area (Å²) in [6.45, 7) is 2.16. The molecule has 1 aromatic rings. The van der Waals surface area contributed by atoms with E-state index in [-0.39, 0.29) is 11.7 Å². The molecule has 0 aliphatic heterocycles. The van der Waals surface area contributed by atoms with Crippen molar-refractivity contribution in [1.82, 2.24) is 0 Å². The molecule has 0 fully saturated rings. The Labute approximate surface area is 106 Å². The summed E-state index contributed by atoms with van der Waals surface area (Å²) < 4.78 is 43.2. The van der Waals surface area contributed by atoms with E-state index in [0.717, 1.165) is 12.1 Å². The highest BCUT2D eigenvalue weighted by Crippen LogP contribution is 2.39. The number of alkyl halides is 3. The topological polar surface area (TPSA) is 35.2 Å². The number of halogens is 4. The van der Waals surface area contributed by atoms with Crippen LogP contribution in [0.2, 0.25) is 0 Å². The van der Waals surface area contributed by atoms with E-state index in [9.17, 15) is 13.2 Å². The predicted octanol–water partition coefficient (Wildman–Crippen LogP) is 3.54. The van der Waals surface area contributed by atoms with Crippen molar-refractivity contribution >= 4 is 15.9 Å². The van der Waals surface area contributed by atoms with E-state index in [4.69, 9.17) is 10.5 Å². The molecule has 2 N–H and O–H groups in total. The molecule has 1 atom stereocenters. The molecule has 0 aromatic heterocycles. The molecule has 0 heterocycles. The third-order valence-electron chi connectivity index (χ3n) is 2.49. The molecule has 0 saturated heterocycles. The molecule has 1 rings (SSSR count). The first-order chi connectivity index (χ1) is 7.81. The fourth-order valence-corrected chi connectivity index (χ4v) is 2.35. The van der Waals surface area contributed by atoms with Crippen molar-refractivity contribution in [3.63, 3.8) is 0 Å². The molecule has 17 heavy (non-hydrogen) atoms. The molecule has 0 radical (unpaired) electrons. The Bertz CT molecular complexity index is 406. The minimum absolute atomic E-state index is 0.0818. The van der Waals surface area contributed by atoms with Crippen molar-refractivity contribution in [3.05, 3.63) is 27.7 Å². The van der Waals surface area contributed by atoms with Crippen LogP contribution < -0.4 is 10.5 Å². The Morgan fingerprint density at radius 3 is 2.41 bits per heavy atom. The van der Waals surface area contributed by atoms with Gasteiger partial charge in [-0.2, -0.15) is 13.2 Å². The molecule has 96 valence electrons. The molecule has 0 aliphatic carbocycles. The SMILES string of the molecule is COc1cc(C(F)(F)F)cc(Br)c1C(C)CN. The first-order valence-electron chi connectivity index (χ1n) is 4.96. The summed E-state index contributed by atoms with van der Waals surface area (Å²) in [6.07, 6.45) is -4.39. The van der Waals surface area contributed by atoms with Gasteiger partial charge in [-0.3, -0.25) is 0 Å². The molecule has 1 aromatic carbocycles. The van der Waals surface area contributed by atoms with E-state index < -0.39 is 11.7 Å². The lowest BCUT2D eigenvalue weighted by molar-refractivity contribution is -0.137. The number of benzene rings is 1. The van der Waals surface area contributed by atoms with Crippen LogP contribution in [0.1, 0.15) is 24.0 Å². The van der Waals surface area contributed by atoms with Crippen LogP contribution in [0.15, 0.2) is 16.6 Å². The van der Waals surface area contributed by atoms with Gasteiger partial charge in [0.15, 0.2) is 0 Å². The van der Waals surface area contributed by atoms with E-state index in [1.165, 1.54) is 7.11 Å². The van der Waals surface area contributed by atoms with Gasteiger partial charge >= 0.3 is 6.18 Å². The molecule has 0 saturated carbocycles. The largest absolute Gasteiger partial charge is 0.496 e. The zero-order valence-electron chi connectivity index (χ0n) is 9.44. The molecule has 0 bridgehead atoms. The predicted molar refractivity (Wildman–Crippen MR) is 63.2 cm³/mol. The molecule has 1 unspecified atom stereocenters. The summed E-state index contributed by atoms with van der Waals surface area (Å²) in [5.41, 5.74) is 5.44. The van der Waals surface area contributed by atoms with E-state index in [1.54, 1.807) is 0 Å². The van der Waals surface area contributed by atoms with Crippen LogP contribution in [0, 0.1) is 0 Å². The number of hydrogen-bond acceptors (Lipinski definition) is 2. The van der Waals surface area contributed by atoms with Crippen molar-refractivity contribution in [2.75, 3.05) is 13.7 Å². The van der Waals surface area contributed by atoms with Crippen LogP contribution in [0.25, 0.3) is 0 Å². The first kappa shape index (κ1) is 14.3. The second-order valence-corrected chi connectivity index (χ2v) is 4.56. The molecule has 2 nitrogen and oxygen atoms in total. The Hall–Kier alpha value is -0.750. The lowest BCUT2D eigenvalue weighted by atomic mass is 9.98. The maximum atomic E-state index is 12.6. The van der Waals surface area contributed by atoms with Gasteiger partial charge in [0.05, 0.1) is 12.7 Å². The average Bonchev–Trinajstić information content (AvgIpc) is 2.25. The zero-order chi connectivity index (χ0) is 13.2. The highest BCUT2D eigenvalue weighted by Gasteiger charge is 2.32. The Kier molecular flexibility index (Phi) is 4.43. The van der Waals surface area contributed by atoms with Gasteiger partial charge in [0, 0.05) is 10.0 Å². The summed E-state index contributed by atoms with van der Waals surface area (Å²) in [5.74, 6) is 0.117. The van der Waals surface area contributed by atoms with Crippen LogP contribution in [0.3, 0.4) is 0 Å². The van der Waals surface area contributed by atoms with Crippen LogP contribution in [-0.4, -0.2) is 13.7 Å². The molecule has 6 heteroatoms. The lowest BCUT2D eigenvalue weighted by Gasteiger charge is -2.18. The monoisotopic (exact) mass is 311 g/mol. The number of methoxy groups -OCH3 is 1. The van der Waals surface area contributed by atoms with Crippen LogP contribution in [0.4, 0.5) is 13.2 Å². The van der Waals surface area contributed by atoms with E-state index in [2.05, 4.69) is 15.9 Å². The smallest absolute Gasteiger partial charge is 0.416 e. The molecular formula is C11H13BrF3NO. The fourth-order valence-electron chi connectivity index (χ4n) is 1.52. The summed E-state index contributed by atoms with van der Waals surface area (Å²) in [7, 11) is 1.34. The van der Waals surface area contributed by atoms with E-state index >= 15 is 0 Å². The van der Waals surface area contributed by atoms with Gasteiger partial charge in [-0.25, -0.2) is 0 Å². The average molecular weight is 312 g/mol. The van der Waals surface area contributed by atoms with Gasteiger partial charge in [-0.05, 0) is 24.6 Å². The summed E-state index contributed by atoms with van der Waals surface area (Å²) in [6, 6.07) is 2.04. The van der Waals surface area contributed by atoms with Gasteiger partial charge in [-0.1, -0.05) is 22.9 Å². The minimum atomic E-state index is -4.39. The van der Waals surface area contributed by atoms with Crippen molar-refractivity contribution in [2.45, 2.75) is 19.0 Å². The lowest BCUT2D eigenvalue weighted by Crippen LogP contribution is -2.12. The van der Waals surface area contributed by atoms with Gasteiger partial charge < -0.3 is 10.5 Å². The third kappa shape index (κ3) is 3.13. The highest BCUT2D eigenvalue weighted by atomic mass is 79.9. The number of rotatable bonds is 3. The standard InChI is InChI=1S/C11H13BrF3NO/c1-6(5-16)10-8(12)3-7(11(13,14)15)4-9(10)17-2/h3-4,6H,5,16H2,1-2H3. The normalized spacial score (nSPS) is 13.6. The maximum Gasteiger partial charge on any atom is 0.416 e. The van der Waals surface area contributed by atoms with Crippen molar-refractivity contribution in [3.8, 4) is 5.75 Å². The Balaban J connectivity index is 3.36.